The first-order chi connectivity index (χ1) is 10.6. The van der Waals surface area contributed by atoms with Gasteiger partial charge in [0.05, 0.1) is 17.5 Å². The molecule has 0 unspecified atom stereocenters. The van der Waals surface area contributed by atoms with Gasteiger partial charge in [0.1, 0.15) is 11.6 Å². The normalized spacial score (nSPS) is 10.8. The molecule has 0 aliphatic rings. The minimum absolute atomic E-state index is 0.168. The number of hydrogen-bond acceptors (Lipinski definition) is 5. The van der Waals surface area contributed by atoms with Crippen LogP contribution < -0.4 is 16.2 Å². The van der Waals surface area contributed by atoms with Gasteiger partial charge in [-0.2, -0.15) is 4.98 Å². The van der Waals surface area contributed by atoms with Crippen LogP contribution in [-0.4, -0.2) is 16.6 Å². The zero-order valence-corrected chi connectivity index (χ0v) is 13.9. The molecule has 5 nitrogen and oxygen atoms in total. The lowest BCUT2D eigenvalue weighted by Gasteiger charge is -2.11. The second kappa shape index (κ2) is 6.35. The first kappa shape index (κ1) is 14.8. The maximum absolute atomic E-state index is 5.95. The topological polar surface area (TPSA) is 87.0 Å². The Balaban J connectivity index is 1.79. The van der Waals surface area contributed by atoms with E-state index >= 15 is 0 Å². The highest BCUT2D eigenvalue weighted by Gasteiger charge is 2.09. The highest BCUT2D eigenvalue weighted by atomic mass is 127. The average molecular weight is 406 g/mol. The van der Waals surface area contributed by atoms with Crippen molar-refractivity contribution >= 4 is 45.3 Å². The smallest absolute Gasteiger partial charge is 0.222 e. The quantitative estimate of drug-likeness (QED) is 0.651. The molecule has 0 atom stereocenters. The number of nitrogen functional groups attached to an aromatic ring is 2. The molecule has 0 fully saturated rings. The van der Waals surface area contributed by atoms with E-state index in [0.29, 0.717) is 29.1 Å². The molecule has 0 saturated heterocycles. The largest absolute Gasteiger partial charge is 0.492 e. The lowest BCUT2D eigenvalue weighted by molar-refractivity contribution is 0.326. The molecule has 0 amide bonds. The third-order valence-corrected chi connectivity index (χ3v) is 3.94. The molecule has 6 heteroatoms. The molecule has 112 valence electrons. The summed E-state index contributed by atoms with van der Waals surface area (Å²) >= 11 is 2.30. The average Bonchev–Trinajstić information content (AvgIpc) is 2.47. The van der Waals surface area contributed by atoms with Crippen molar-refractivity contribution in [1.82, 2.24) is 9.97 Å². The number of benzene rings is 2. The molecule has 3 rings (SSSR count). The van der Waals surface area contributed by atoms with Crippen LogP contribution in [0.3, 0.4) is 0 Å². The minimum Gasteiger partial charge on any atom is -0.492 e. The fraction of sp³-hybridized carbons (Fsp3) is 0.125. The van der Waals surface area contributed by atoms with E-state index in [4.69, 9.17) is 16.2 Å². The van der Waals surface area contributed by atoms with Crippen LogP contribution in [0.4, 0.5) is 11.8 Å². The second-order valence-electron chi connectivity index (χ2n) is 4.85. The molecule has 0 saturated carbocycles. The Kier molecular flexibility index (Phi) is 4.28. The van der Waals surface area contributed by atoms with Gasteiger partial charge in [0.2, 0.25) is 5.95 Å². The summed E-state index contributed by atoms with van der Waals surface area (Å²) in [5.74, 6) is 1.19. The van der Waals surface area contributed by atoms with Crippen molar-refractivity contribution in [2.24, 2.45) is 0 Å². The van der Waals surface area contributed by atoms with Gasteiger partial charge in [-0.3, -0.25) is 0 Å². The number of rotatable bonds is 4. The Bertz CT molecular complexity index is 822. The van der Waals surface area contributed by atoms with Gasteiger partial charge in [-0.15, -0.1) is 0 Å². The van der Waals surface area contributed by atoms with Crippen molar-refractivity contribution in [3.8, 4) is 5.75 Å². The summed E-state index contributed by atoms with van der Waals surface area (Å²) < 4.78 is 7.10. The van der Waals surface area contributed by atoms with Crippen molar-refractivity contribution in [3.05, 3.63) is 51.6 Å². The highest BCUT2D eigenvalue weighted by Crippen LogP contribution is 2.29. The van der Waals surface area contributed by atoms with E-state index in [1.54, 1.807) is 0 Å². The fourth-order valence-electron chi connectivity index (χ4n) is 2.29. The second-order valence-corrected chi connectivity index (χ2v) is 6.09. The van der Waals surface area contributed by atoms with Gasteiger partial charge in [-0.05, 0) is 52.4 Å². The number of fused-ring (bicyclic) bond motifs is 1. The number of aromatic nitrogens is 2. The summed E-state index contributed by atoms with van der Waals surface area (Å²) in [5.41, 5.74) is 13.5. The Morgan fingerprint density at radius 2 is 1.86 bits per heavy atom. The molecule has 0 radical (unpaired) electrons. The van der Waals surface area contributed by atoms with Crippen molar-refractivity contribution in [2.75, 3.05) is 18.1 Å². The molecule has 22 heavy (non-hydrogen) atoms. The van der Waals surface area contributed by atoms with E-state index in [2.05, 4.69) is 50.8 Å². The van der Waals surface area contributed by atoms with Crippen molar-refractivity contribution in [3.63, 3.8) is 0 Å². The van der Waals surface area contributed by atoms with Crippen LogP contribution in [0.15, 0.2) is 42.5 Å². The first-order valence-corrected chi connectivity index (χ1v) is 7.90. The van der Waals surface area contributed by atoms with E-state index in [0.717, 1.165) is 6.42 Å². The zero-order valence-electron chi connectivity index (χ0n) is 11.8. The van der Waals surface area contributed by atoms with Gasteiger partial charge in [0.25, 0.3) is 0 Å². The van der Waals surface area contributed by atoms with Gasteiger partial charge in [0.15, 0.2) is 0 Å². The van der Waals surface area contributed by atoms with E-state index in [1.165, 1.54) is 9.13 Å². The summed E-state index contributed by atoms with van der Waals surface area (Å²) in [5, 5.41) is 0.708. The summed E-state index contributed by atoms with van der Waals surface area (Å²) in [6.45, 7) is 0.559. The molecule has 2 aromatic carbocycles. The molecule has 1 aromatic heterocycles. The first-order valence-electron chi connectivity index (χ1n) is 6.82. The van der Waals surface area contributed by atoms with Gasteiger partial charge in [-0.25, -0.2) is 4.98 Å². The van der Waals surface area contributed by atoms with Crippen LogP contribution in [0, 0.1) is 3.57 Å². The summed E-state index contributed by atoms with van der Waals surface area (Å²) in [6.07, 6.45) is 0.822. The van der Waals surface area contributed by atoms with Gasteiger partial charge >= 0.3 is 0 Å². The van der Waals surface area contributed by atoms with Crippen LogP contribution in [0.2, 0.25) is 0 Å². The molecule has 0 aliphatic carbocycles. The van der Waals surface area contributed by atoms with E-state index in [-0.39, 0.29) is 5.95 Å². The maximum Gasteiger partial charge on any atom is 0.222 e. The van der Waals surface area contributed by atoms with Crippen molar-refractivity contribution < 1.29 is 4.74 Å². The Morgan fingerprint density at radius 1 is 1.05 bits per heavy atom. The van der Waals surface area contributed by atoms with Crippen LogP contribution in [-0.2, 0) is 6.42 Å². The number of nitrogens with two attached hydrogens (primary N) is 2. The van der Waals surface area contributed by atoms with Crippen LogP contribution >= 0.6 is 22.6 Å². The molecule has 0 bridgehead atoms. The summed E-state index contributed by atoms with van der Waals surface area (Å²) in [6, 6.07) is 13.9. The van der Waals surface area contributed by atoms with Crippen LogP contribution in [0.1, 0.15) is 5.56 Å². The number of nitrogens with zero attached hydrogens (tertiary/aromatic N) is 2. The maximum atomic E-state index is 5.95. The molecule has 0 spiro atoms. The van der Waals surface area contributed by atoms with Gasteiger partial charge in [-0.1, -0.05) is 18.2 Å². The number of anilines is 2. The SMILES string of the molecule is Nc1nc(N)c2c(OCCc3cccc(I)c3)cccc2n1. The lowest BCUT2D eigenvalue weighted by Crippen LogP contribution is -2.05. The molecule has 4 N–H and O–H groups in total. The minimum atomic E-state index is 0.168. The number of hydrogen-bond donors (Lipinski definition) is 2. The molecule has 3 aromatic rings. The van der Waals surface area contributed by atoms with Crippen molar-refractivity contribution in [2.45, 2.75) is 6.42 Å². The van der Waals surface area contributed by atoms with Gasteiger partial charge < -0.3 is 16.2 Å². The molecular weight excluding hydrogens is 391 g/mol. The third-order valence-electron chi connectivity index (χ3n) is 3.27. The van der Waals surface area contributed by atoms with Gasteiger partial charge in [0, 0.05) is 9.99 Å². The number of halogens is 1. The van der Waals surface area contributed by atoms with E-state index in [9.17, 15) is 0 Å². The monoisotopic (exact) mass is 406 g/mol. The number of ether oxygens (including phenoxy) is 1. The predicted octanol–water partition coefficient (Wildman–Crippen LogP) is 3.02. The third kappa shape index (κ3) is 3.22. The zero-order chi connectivity index (χ0) is 15.5. The Labute approximate surface area is 141 Å². The summed E-state index contributed by atoms with van der Waals surface area (Å²) in [4.78, 5) is 8.18. The Hall–Kier alpha value is -2.09. The predicted molar refractivity (Wildman–Crippen MR) is 96.7 cm³/mol. The summed E-state index contributed by atoms with van der Waals surface area (Å²) in [7, 11) is 0. The van der Waals surface area contributed by atoms with Crippen LogP contribution in [0.5, 0.6) is 5.75 Å². The fourth-order valence-corrected chi connectivity index (χ4v) is 2.90. The molecular formula is C16H15IN4O. The lowest BCUT2D eigenvalue weighted by atomic mass is 10.2. The van der Waals surface area contributed by atoms with Crippen LogP contribution in [0.25, 0.3) is 10.9 Å². The molecule has 1 heterocycles. The standard InChI is InChI=1S/C16H15IN4O/c17-11-4-1-3-10(9-11)7-8-22-13-6-2-5-12-14(13)15(18)21-16(19)20-12/h1-6,9H,7-8H2,(H4,18,19,20,21). The Morgan fingerprint density at radius 3 is 2.68 bits per heavy atom. The molecule has 0 aliphatic heterocycles. The van der Waals surface area contributed by atoms with Crippen molar-refractivity contribution in [1.29, 1.82) is 0 Å². The highest BCUT2D eigenvalue weighted by molar-refractivity contribution is 14.1. The van der Waals surface area contributed by atoms with E-state index in [1.807, 2.05) is 24.3 Å². The van der Waals surface area contributed by atoms with E-state index < -0.39 is 0 Å².